The van der Waals surface area contributed by atoms with Gasteiger partial charge in [0, 0.05) is 28.9 Å². The Morgan fingerprint density at radius 3 is 2.08 bits per heavy atom. The van der Waals surface area contributed by atoms with Gasteiger partial charge >= 0.3 is 0 Å². The summed E-state index contributed by atoms with van der Waals surface area (Å²) in [5.74, 6) is 0. The van der Waals surface area contributed by atoms with Crippen LogP contribution in [0.15, 0.2) is 134 Å². The van der Waals surface area contributed by atoms with Gasteiger partial charge in [0.2, 0.25) is 0 Å². The average molecular weight is 487 g/mol. The zero-order valence-electron chi connectivity index (χ0n) is 20.5. The summed E-state index contributed by atoms with van der Waals surface area (Å²) in [4.78, 5) is 9.58. The molecule has 0 N–H and O–H groups in total. The monoisotopic (exact) mass is 486 g/mol. The Balaban J connectivity index is 1.24. The number of aromatic nitrogens is 4. The Bertz CT molecular complexity index is 2120. The van der Waals surface area contributed by atoms with Crippen LogP contribution in [-0.2, 0) is 0 Å². The molecule has 0 radical (unpaired) electrons. The molecule has 0 atom stereocenters. The Morgan fingerprint density at radius 1 is 0.500 bits per heavy atom. The molecular formula is C34H22N4. The van der Waals surface area contributed by atoms with Crippen LogP contribution in [0.3, 0.4) is 0 Å². The van der Waals surface area contributed by atoms with E-state index in [1.54, 1.807) is 0 Å². The Labute approximate surface area is 219 Å². The summed E-state index contributed by atoms with van der Waals surface area (Å²) in [6, 6.07) is 40.3. The maximum atomic E-state index is 4.80. The molecule has 4 heteroatoms. The van der Waals surface area contributed by atoms with Crippen molar-refractivity contribution in [3.8, 4) is 33.5 Å². The molecule has 0 fully saturated rings. The highest BCUT2D eigenvalue weighted by molar-refractivity contribution is 6.07. The molecule has 4 nitrogen and oxygen atoms in total. The second-order valence-corrected chi connectivity index (χ2v) is 9.61. The molecule has 178 valence electrons. The number of benzene rings is 4. The van der Waals surface area contributed by atoms with Crippen molar-refractivity contribution < 1.29 is 0 Å². The summed E-state index contributed by atoms with van der Waals surface area (Å²) in [7, 11) is 0. The standard InChI is InChI=1S/C34H22N4/c1-2-8-24(9-3-1)29-22-37-21-26(18-19-33(37)36-29)23-14-16-25(17-15-23)34-27-10-4-6-12-30(27)38-31-13-7-5-11-28(31)35-20-32(34)38/h1-22H. The van der Waals surface area contributed by atoms with Crippen LogP contribution in [0.4, 0.5) is 0 Å². The van der Waals surface area contributed by atoms with Gasteiger partial charge in [0.15, 0.2) is 0 Å². The van der Waals surface area contributed by atoms with Crippen LogP contribution < -0.4 is 0 Å². The van der Waals surface area contributed by atoms with E-state index in [1.165, 1.54) is 27.6 Å². The average Bonchev–Trinajstić information content (AvgIpc) is 3.57. The second kappa shape index (κ2) is 8.15. The quantitative estimate of drug-likeness (QED) is 0.252. The number of hydrogen-bond acceptors (Lipinski definition) is 2. The van der Waals surface area contributed by atoms with Crippen molar-refractivity contribution in [3.05, 3.63) is 134 Å². The lowest BCUT2D eigenvalue weighted by Crippen LogP contribution is -1.90. The maximum absolute atomic E-state index is 4.80. The lowest BCUT2D eigenvalue weighted by Gasteiger charge is -2.07. The molecule has 0 aliphatic heterocycles. The maximum Gasteiger partial charge on any atom is 0.137 e. The first-order chi connectivity index (χ1) is 18.8. The van der Waals surface area contributed by atoms with Gasteiger partial charge in [-0.1, -0.05) is 84.9 Å². The first-order valence-corrected chi connectivity index (χ1v) is 12.8. The van der Waals surface area contributed by atoms with Crippen molar-refractivity contribution in [1.29, 1.82) is 0 Å². The van der Waals surface area contributed by atoms with E-state index in [0.717, 1.165) is 39.0 Å². The van der Waals surface area contributed by atoms with Gasteiger partial charge in [-0.3, -0.25) is 4.98 Å². The molecule has 0 bridgehead atoms. The summed E-state index contributed by atoms with van der Waals surface area (Å²) in [5, 5.41) is 1.23. The van der Waals surface area contributed by atoms with Crippen LogP contribution in [0.2, 0.25) is 0 Å². The highest BCUT2D eigenvalue weighted by atomic mass is 15.0. The van der Waals surface area contributed by atoms with Crippen LogP contribution in [0.5, 0.6) is 0 Å². The van der Waals surface area contributed by atoms with Gasteiger partial charge in [0.25, 0.3) is 0 Å². The number of hydrogen-bond donors (Lipinski definition) is 0. The Hall–Kier alpha value is -5.22. The fraction of sp³-hybridized carbons (Fsp3) is 0. The van der Waals surface area contributed by atoms with E-state index in [1.807, 2.05) is 30.5 Å². The Morgan fingerprint density at radius 2 is 1.21 bits per heavy atom. The van der Waals surface area contributed by atoms with E-state index in [0.29, 0.717) is 0 Å². The van der Waals surface area contributed by atoms with Crippen molar-refractivity contribution in [2.75, 3.05) is 0 Å². The van der Waals surface area contributed by atoms with Gasteiger partial charge in [0.05, 0.1) is 34.0 Å². The third-order valence-corrected chi connectivity index (χ3v) is 7.39. The highest BCUT2D eigenvalue weighted by Gasteiger charge is 2.16. The predicted octanol–water partition coefficient (Wildman–Crippen LogP) is 8.29. The van der Waals surface area contributed by atoms with Crippen molar-refractivity contribution >= 4 is 33.1 Å². The Kier molecular flexibility index (Phi) is 4.49. The molecule has 0 saturated carbocycles. The molecule has 4 heterocycles. The van der Waals surface area contributed by atoms with Gasteiger partial charge in [-0.15, -0.1) is 0 Å². The SMILES string of the molecule is c1ccc(-c2cn3cc(-c4ccc(-c5c6ccccc6n6c5cnc5ccccc56)cc4)ccc3n2)cc1. The van der Waals surface area contributed by atoms with E-state index >= 15 is 0 Å². The fourth-order valence-electron chi connectivity index (χ4n) is 5.58. The van der Waals surface area contributed by atoms with E-state index in [2.05, 4.69) is 112 Å². The normalized spacial score (nSPS) is 11.7. The van der Waals surface area contributed by atoms with Gasteiger partial charge in [-0.2, -0.15) is 0 Å². The number of rotatable bonds is 3. The van der Waals surface area contributed by atoms with E-state index in [9.17, 15) is 0 Å². The van der Waals surface area contributed by atoms with Gasteiger partial charge in [-0.25, -0.2) is 4.98 Å². The van der Waals surface area contributed by atoms with Crippen molar-refractivity contribution in [2.45, 2.75) is 0 Å². The summed E-state index contributed by atoms with van der Waals surface area (Å²) < 4.78 is 4.44. The van der Waals surface area contributed by atoms with E-state index in [4.69, 9.17) is 9.97 Å². The van der Waals surface area contributed by atoms with Crippen molar-refractivity contribution in [2.24, 2.45) is 0 Å². The largest absolute Gasteiger partial charge is 0.306 e. The minimum Gasteiger partial charge on any atom is -0.306 e. The van der Waals surface area contributed by atoms with Crippen LogP contribution in [0.25, 0.3) is 66.6 Å². The zero-order chi connectivity index (χ0) is 25.1. The van der Waals surface area contributed by atoms with E-state index in [-0.39, 0.29) is 0 Å². The minimum absolute atomic E-state index is 0.940. The third kappa shape index (κ3) is 3.17. The first-order valence-electron chi connectivity index (χ1n) is 12.8. The molecule has 0 saturated heterocycles. The van der Waals surface area contributed by atoms with Crippen LogP contribution in [-0.4, -0.2) is 18.8 Å². The molecule has 4 aromatic heterocycles. The van der Waals surface area contributed by atoms with Crippen molar-refractivity contribution in [1.82, 2.24) is 18.8 Å². The summed E-state index contributed by atoms with van der Waals surface area (Å²) in [6.45, 7) is 0. The number of pyridine rings is 1. The summed E-state index contributed by atoms with van der Waals surface area (Å²) >= 11 is 0. The predicted molar refractivity (Wildman–Crippen MR) is 155 cm³/mol. The summed E-state index contributed by atoms with van der Waals surface area (Å²) in [6.07, 6.45) is 6.26. The van der Waals surface area contributed by atoms with E-state index < -0.39 is 0 Å². The number of para-hydroxylation sites is 3. The fourth-order valence-corrected chi connectivity index (χ4v) is 5.58. The van der Waals surface area contributed by atoms with Gasteiger partial charge in [0.1, 0.15) is 5.65 Å². The zero-order valence-corrected chi connectivity index (χ0v) is 20.5. The first kappa shape index (κ1) is 20.9. The minimum atomic E-state index is 0.940. The third-order valence-electron chi connectivity index (χ3n) is 7.39. The van der Waals surface area contributed by atoms with Crippen molar-refractivity contribution in [3.63, 3.8) is 0 Å². The molecule has 0 aliphatic rings. The number of nitrogens with zero attached hydrogens (tertiary/aromatic N) is 4. The molecule has 8 aromatic rings. The van der Waals surface area contributed by atoms with Gasteiger partial charge < -0.3 is 8.80 Å². The second-order valence-electron chi connectivity index (χ2n) is 9.61. The van der Waals surface area contributed by atoms with Gasteiger partial charge in [-0.05, 0) is 47.0 Å². The molecule has 0 spiro atoms. The molecule has 0 aliphatic carbocycles. The number of imidazole rings is 1. The molecule has 0 unspecified atom stereocenters. The molecule has 4 aromatic carbocycles. The van der Waals surface area contributed by atoms with Crippen LogP contribution in [0, 0.1) is 0 Å². The van der Waals surface area contributed by atoms with Crippen LogP contribution in [0.1, 0.15) is 0 Å². The molecule has 8 rings (SSSR count). The van der Waals surface area contributed by atoms with Crippen LogP contribution >= 0.6 is 0 Å². The number of fused-ring (bicyclic) bond motifs is 6. The summed E-state index contributed by atoms with van der Waals surface area (Å²) in [5.41, 5.74) is 12.2. The molecule has 0 amide bonds. The molecule has 38 heavy (non-hydrogen) atoms. The molecular weight excluding hydrogens is 464 g/mol. The topological polar surface area (TPSA) is 34.6 Å². The smallest absolute Gasteiger partial charge is 0.137 e. The highest BCUT2D eigenvalue weighted by Crippen LogP contribution is 2.37. The lowest BCUT2D eigenvalue weighted by atomic mass is 9.99. The lowest BCUT2D eigenvalue weighted by molar-refractivity contribution is 1.19.